The summed E-state index contributed by atoms with van der Waals surface area (Å²) in [5.41, 5.74) is 2.13. The average molecular weight is 416 g/mol. The maximum Gasteiger partial charge on any atom is 0.234 e. The molecule has 0 bridgehead atoms. The minimum atomic E-state index is -0.180. The summed E-state index contributed by atoms with van der Waals surface area (Å²) in [6.07, 6.45) is 0. The molecule has 0 radical (unpaired) electrons. The molecule has 1 aromatic heterocycles. The molecular formula is C19H18ClN5O2S. The molecule has 3 aromatic rings. The van der Waals surface area contributed by atoms with Crippen molar-refractivity contribution in [3.05, 3.63) is 53.6 Å². The third-order valence-corrected chi connectivity index (χ3v) is 5.01. The smallest absolute Gasteiger partial charge is 0.234 e. The third kappa shape index (κ3) is 5.11. The maximum absolute atomic E-state index is 12.3. The molecule has 1 heterocycles. The summed E-state index contributed by atoms with van der Waals surface area (Å²) in [5, 5.41) is 15.1. The number of amides is 2. The van der Waals surface area contributed by atoms with E-state index >= 15 is 0 Å². The fraction of sp³-hybridized carbons (Fsp3) is 0.158. The molecule has 0 atom stereocenters. The minimum Gasteiger partial charge on any atom is -0.326 e. The largest absolute Gasteiger partial charge is 0.326 e. The van der Waals surface area contributed by atoms with Crippen LogP contribution < -0.4 is 10.6 Å². The first-order valence-electron chi connectivity index (χ1n) is 8.38. The van der Waals surface area contributed by atoms with Gasteiger partial charge in [-0.15, -0.1) is 10.2 Å². The van der Waals surface area contributed by atoms with Crippen molar-refractivity contribution in [3.63, 3.8) is 0 Å². The van der Waals surface area contributed by atoms with E-state index in [1.165, 1.54) is 18.7 Å². The first kappa shape index (κ1) is 19.9. The quantitative estimate of drug-likeness (QED) is 0.597. The number of aromatic nitrogens is 3. The molecule has 0 aliphatic heterocycles. The monoisotopic (exact) mass is 415 g/mol. The lowest BCUT2D eigenvalue weighted by molar-refractivity contribution is -0.114. The maximum atomic E-state index is 12.3. The van der Waals surface area contributed by atoms with E-state index in [0.29, 0.717) is 27.4 Å². The van der Waals surface area contributed by atoms with Gasteiger partial charge in [-0.25, -0.2) is 0 Å². The van der Waals surface area contributed by atoms with Gasteiger partial charge in [0.1, 0.15) is 0 Å². The number of anilines is 2. The summed E-state index contributed by atoms with van der Waals surface area (Å²) in [5.74, 6) is 0.526. The minimum absolute atomic E-state index is 0.169. The van der Waals surface area contributed by atoms with Gasteiger partial charge in [-0.1, -0.05) is 29.4 Å². The molecule has 3 rings (SSSR count). The van der Waals surface area contributed by atoms with Crippen LogP contribution in [-0.2, 0) is 16.6 Å². The highest BCUT2D eigenvalue weighted by Gasteiger charge is 2.13. The first-order valence-corrected chi connectivity index (χ1v) is 9.74. The van der Waals surface area contributed by atoms with E-state index in [-0.39, 0.29) is 17.6 Å². The van der Waals surface area contributed by atoms with Gasteiger partial charge >= 0.3 is 0 Å². The van der Waals surface area contributed by atoms with Crippen LogP contribution in [0.4, 0.5) is 11.4 Å². The molecule has 0 spiro atoms. The van der Waals surface area contributed by atoms with Gasteiger partial charge in [0.15, 0.2) is 11.0 Å². The third-order valence-electron chi connectivity index (χ3n) is 3.74. The van der Waals surface area contributed by atoms with Gasteiger partial charge in [0.2, 0.25) is 11.8 Å². The van der Waals surface area contributed by atoms with Crippen LogP contribution in [0.25, 0.3) is 11.4 Å². The Labute approximate surface area is 171 Å². The Morgan fingerprint density at radius 3 is 2.43 bits per heavy atom. The highest BCUT2D eigenvalue weighted by atomic mass is 35.5. The summed E-state index contributed by atoms with van der Waals surface area (Å²) >= 11 is 7.21. The molecule has 2 N–H and O–H groups in total. The van der Waals surface area contributed by atoms with Gasteiger partial charge in [0.05, 0.1) is 5.75 Å². The van der Waals surface area contributed by atoms with Crippen molar-refractivity contribution in [3.8, 4) is 11.4 Å². The van der Waals surface area contributed by atoms with Crippen LogP contribution in [0.3, 0.4) is 0 Å². The Kier molecular flexibility index (Phi) is 6.33. The van der Waals surface area contributed by atoms with E-state index in [1.54, 1.807) is 36.4 Å². The van der Waals surface area contributed by atoms with Crippen LogP contribution in [0.2, 0.25) is 5.02 Å². The second kappa shape index (κ2) is 8.90. The number of carbonyl (C=O) groups excluding carboxylic acids is 2. The average Bonchev–Trinajstić information content (AvgIpc) is 3.01. The van der Waals surface area contributed by atoms with Crippen molar-refractivity contribution in [2.45, 2.75) is 12.1 Å². The van der Waals surface area contributed by atoms with Crippen LogP contribution in [0.15, 0.2) is 53.7 Å². The summed E-state index contributed by atoms with van der Waals surface area (Å²) < 4.78 is 1.83. The van der Waals surface area contributed by atoms with Gasteiger partial charge in [-0.2, -0.15) is 0 Å². The van der Waals surface area contributed by atoms with Gasteiger partial charge in [-0.3, -0.25) is 9.59 Å². The van der Waals surface area contributed by atoms with Crippen LogP contribution in [0, 0.1) is 0 Å². The van der Waals surface area contributed by atoms with E-state index in [0.717, 1.165) is 5.56 Å². The standard InChI is InChI=1S/C19H18ClN5O2S/c1-12(26)21-15-4-3-5-16(10-15)22-17(27)11-28-19-24-23-18(25(19)2)13-6-8-14(20)9-7-13/h3-10H,11H2,1-2H3,(H,21,26)(H,22,27). The molecule has 0 saturated heterocycles. The lowest BCUT2D eigenvalue weighted by Gasteiger charge is -2.08. The summed E-state index contributed by atoms with van der Waals surface area (Å²) in [6, 6.07) is 14.3. The van der Waals surface area contributed by atoms with Gasteiger partial charge in [-0.05, 0) is 42.5 Å². The zero-order valence-corrected chi connectivity index (χ0v) is 16.8. The lowest BCUT2D eigenvalue weighted by Crippen LogP contribution is -2.15. The number of hydrogen-bond donors (Lipinski definition) is 2. The fourth-order valence-corrected chi connectivity index (χ4v) is 3.33. The Hall–Kier alpha value is -2.84. The molecule has 0 saturated carbocycles. The lowest BCUT2D eigenvalue weighted by atomic mass is 10.2. The molecule has 9 heteroatoms. The topological polar surface area (TPSA) is 88.9 Å². The molecule has 2 aromatic carbocycles. The number of halogens is 1. The molecule has 28 heavy (non-hydrogen) atoms. The van der Waals surface area contributed by atoms with Crippen LogP contribution in [-0.4, -0.2) is 32.3 Å². The predicted octanol–water partition coefficient (Wildman–Crippen LogP) is 3.82. The number of nitrogens with one attached hydrogen (secondary N) is 2. The Bertz CT molecular complexity index is 1000. The predicted molar refractivity (Wildman–Crippen MR) is 112 cm³/mol. The van der Waals surface area contributed by atoms with Gasteiger partial charge < -0.3 is 15.2 Å². The van der Waals surface area contributed by atoms with Crippen molar-refractivity contribution in [2.75, 3.05) is 16.4 Å². The van der Waals surface area contributed by atoms with Crippen molar-refractivity contribution in [1.82, 2.24) is 14.8 Å². The van der Waals surface area contributed by atoms with E-state index in [1.807, 2.05) is 23.7 Å². The van der Waals surface area contributed by atoms with Crippen molar-refractivity contribution >= 4 is 46.6 Å². The van der Waals surface area contributed by atoms with E-state index < -0.39 is 0 Å². The van der Waals surface area contributed by atoms with Crippen molar-refractivity contribution in [2.24, 2.45) is 7.05 Å². The van der Waals surface area contributed by atoms with Crippen molar-refractivity contribution < 1.29 is 9.59 Å². The molecule has 2 amide bonds. The molecule has 0 fully saturated rings. The van der Waals surface area contributed by atoms with Gasteiger partial charge in [0, 0.05) is 35.9 Å². The summed E-state index contributed by atoms with van der Waals surface area (Å²) in [6.45, 7) is 1.43. The number of thioether (sulfide) groups is 1. The van der Waals surface area contributed by atoms with E-state index in [9.17, 15) is 9.59 Å². The molecule has 0 aliphatic carbocycles. The normalized spacial score (nSPS) is 10.5. The zero-order valence-electron chi connectivity index (χ0n) is 15.3. The Morgan fingerprint density at radius 2 is 1.75 bits per heavy atom. The highest BCUT2D eigenvalue weighted by molar-refractivity contribution is 7.99. The van der Waals surface area contributed by atoms with E-state index in [4.69, 9.17) is 11.6 Å². The molecule has 0 aliphatic rings. The number of benzene rings is 2. The number of nitrogens with zero attached hydrogens (tertiary/aromatic N) is 3. The van der Waals surface area contributed by atoms with Crippen LogP contribution in [0.5, 0.6) is 0 Å². The van der Waals surface area contributed by atoms with E-state index in [2.05, 4.69) is 20.8 Å². The number of hydrogen-bond acceptors (Lipinski definition) is 5. The van der Waals surface area contributed by atoms with Crippen LogP contribution >= 0.6 is 23.4 Å². The molecule has 7 nitrogen and oxygen atoms in total. The second-order valence-electron chi connectivity index (χ2n) is 5.97. The Morgan fingerprint density at radius 1 is 1.07 bits per heavy atom. The van der Waals surface area contributed by atoms with Crippen molar-refractivity contribution in [1.29, 1.82) is 0 Å². The Balaban J connectivity index is 1.61. The molecule has 144 valence electrons. The molecule has 0 unspecified atom stereocenters. The SMILES string of the molecule is CC(=O)Nc1cccc(NC(=O)CSc2nnc(-c3ccc(Cl)cc3)n2C)c1. The zero-order chi connectivity index (χ0) is 20.1. The second-order valence-corrected chi connectivity index (χ2v) is 7.35. The first-order chi connectivity index (χ1) is 13.4. The number of carbonyl (C=O) groups is 2. The summed E-state index contributed by atoms with van der Waals surface area (Å²) in [7, 11) is 1.85. The number of rotatable bonds is 6. The summed E-state index contributed by atoms with van der Waals surface area (Å²) in [4.78, 5) is 23.4. The highest BCUT2D eigenvalue weighted by Crippen LogP contribution is 2.24. The van der Waals surface area contributed by atoms with Crippen LogP contribution in [0.1, 0.15) is 6.92 Å². The van der Waals surface area contributed by atoms with Gasteiger partial charge in [0.25, 0.3) is 0 Å². The molecular weight excluding hydrogens is 398 g/mol. The fourth-order valence-electron chi connectivity index (χ4n) is 2.50.